The second kappa shape index (κ2) is 10.4. The minimum Gasteiger partial charge on any atom is -0.329 e. The molecular formula is C24H22FN7O3S. The number of aromatic nitrogens is 2. The van der Waals surface area contributed by atoms with Crippen LogP contribution in [0, 0.1) is 5.82 Å². The van der Waals surface area contributed by atoms with Gasteiger partial charge in [0.2, 0.25) is 16.0 Å². The summed E-state index contributed by atoms with van der Waals surface area (Å²) in [4.78, 5) is 22.7. The van der Waals surface area contributed by atoms with Crippen LogP contribution in [0.3, 0.4) is 0 Å². The molecular weight excluding hydrogens is 485 g/mol. The van der Waals surface area contributed by atoms with E-state index in [9.17, 15) is 17.6 Å². The van der Waals surface area contributed by atoms with Crippen LogP contribution >= 0.6 is 0 Å². The van der Waals surface area contributed by atoms with Gasteiger partial charge in [-0.1, -0.05) is 18.2 Å². The first-order chi connectivity index (χ1) is 17.2. The van der Waals surface area contributed by atoms with E-state index in [0.717, 1.165) is 5.69 Å². The van der Waals surface area contributed by atoms with E-state index in [1.807, 2.05) is 6.07 Å². The molecule has 3 aromatic carbocycles. The van der Waals surface area contributed by atoms with E-state index >= 15 is 0 Å². The molecule has 4 aromatic rings. The SMILES string of the molecule is CN(c1cccc(NC(=O)Nc2cccc(F)c2)c1)c1ccnc(Nc2cccc(S(N)(=O)=O)c2)n1. The molecule has 0 unspecified atom stereocenters. The van der Waals surface area contributed by atoms with Crippen molar-refractivity contribution in [2.75, 3.05) is 27.9 Å². The fourth-order valence-corrected chi connectivity index (χ4v) is 3.82. The Morgan fingerprint density at radius 1 is 0.917 bits per heavy atom. The van der Waals surface area contributed by atoms with Crippen LogP contribution in [-0.2, 0) is 10.0 Å². The number of urea groups is 1. The molecule has 1 aromatic heterocycles. The highest BCUT2D eigenvalue weighted by Crippen LogP contribution is 2.26. The number of sulfonamides is 1. The minimum atomic E-state index is -3.85. The van der Waals surface area contributed by atoms with E-state index in [-0.39, 0.29) is 10.8 Å². The molecule has 1 heterocycles. The van der Waals surface area contributed by atoms with Gasteiger partial charge in [0.15, 0.2) is 0 Å². The van der Waals surface area contributed by atoms with E-state index in [2.05, 4.69) is 25.9 Å². The maximum absolute atomic E-state index is 13.3. The molecule has 0 saturated heterocycles. The second-order valence-corrected chi connectivity index (χ2v) is 9.20. The van der Waals surface area contributed by atoms with Crippen molar-refractivity contribution in [3.05, 3.63) is 90.9 Å². The van der Waals surface area contributed by atoms with Crippen LogP contribution in [0.25, 0.3) is 0 Å². The van der Waals surface area contributed by atoms with Gasteiger partial charge < -0.3 is 20.9 Å². The van der Waals surface area contributed by atoms with Crippen LogP contribution in [0.4, 0.5) is 43.7 Å². The number of carbonyl (C=O) groups is 1. The van der Waals surface area contributed by atoms with Gasteiger partial charge in [-0.15, -0.1) is 0 Å². The summed E-state index contributed by atoms with van der Waals surface area (Å²) in [6.45, 7) is 0. The third-order valence-electron chi connectivity index (χ3n) is 4.98. The molecule has 0 bridgehead atoms. The highest BCUT2D eigenvalue weighted by atomic mass is 32.2. The number of nitrogens with two attached hydrogens (primary N) is 1. The molecule has 4 rings (SSSR count). The molecule has 0 saturated carbocycles. The van der Waals surface area contributed by atoms with Crippen LogP contribution < -0.4 is 26.0 Å². The average molecular weight is 508 g/mol. The molecule has 36 heavy (non-hydrogen) atoms. The fraction of sp³-hybridized carbons (Fsp3) is 0.0417. The zero-order chi connectivity index (χ0) is 25.7. The molecule has 0 aliphatic carbocycles. The lowest BCUT2D eigenvalue weighted by Crippen LogP contribution is -2.20. The first kappa shape index (κ1) is 24.6. The Morgan fingerprint density at radius 2 is 1.58 bits per heavy atom. The largest absolute Gasteiger partial charge is 0.329 e. The summed E-state index contributed by atoms with van der Waals surface area (Å²) < 4.78 is 36.5. The third kappa shape index (κ3) is 6.31. The van der Waals surface area contributed by atoms with Crippen molar-refractivity contribution in [1.29, 1.82) is 0 Å². The predicted octanol–water partition coefficient (Wildman–Crippen LogP) is 4.42. The topological polar surface area (TPSA) is 142 Å². The molecule has 0 aliphatic heterocycles. The van der Waals surface area contributed by atoms with Gasteiger partial charge in [0.1, 0.15) is 11.6 Å². The molecule has 5 N–H and O–H groups in total. The highest BCUT2D eigenvalue weighted by molar-refractivity contribution is 7.89. The zero-order valence-electron chi connectivity index (χ0n) is 19.0. The maximum atomic E-state index is 13.3. The van der Waals surface area contributed by atoms with Crippen molar-refractivity contribution in [2.24, 2.45) is 5.14 Å². The number of nitrogens with zero attached hydrogens (tertiary/aromatic N) is 3. The van der Waals surface area contributed by atoms with Gasteiger partial charge in [-0.2, -0.15) is 4.98 Å². The van der Waals surface area contributed by atoms with E-state index in [0.29, 0.717) is 22.9 Å². The van der Waals surface area contributed by atoms with Gasteiger partial charge >= 0.3 is 6.03 Å². The summed E-state index contributed by atoms with van der Waals surface area (Å²) in [5.74, 6) is 0.332. The Labute approximate surface area is 207 Å². The zero-order valence-corrected chi connectivity index (χ0v) is 19.8. The minimum absolute atomic E-state index is 0.0356. The summed E-state index contributed by atoms with van der Waals surface area (Å²) >= 11 is 0. The van der Waals surface area contributed by atoms with Crippen molar-refractivity contribution in [1.82, 2.24) is 9.97 Å². The number of anilines is 6. The molecule has 0 aliphatic rings. The standard InChI is InChI=1S/C24H22FN7O3S/c1-32(20-9-3-7-18(14-20)30-24(33)29-17-6-2-5-16(25)13-17)22-11-12-27-23(31-22)28-19-8-4-10-21(15-19)36(26,34)35/h2-15H,1H3,(H2,26,34,35)(H,27,28,31)(H2,29,30,33). The van der Waals surface area contributed by atoms with Crippen molar-refractivity contribution in [2.45, 2.75) is 4.90 Å². The predicted molar refractivity (Wildman–Crippen MR) is 137 cm³/mol. The quantitative estimate of drug-likeness (QED) is 0.290. The van der Waals surface area contributed by atoms with E-state index in [4.69, 9.17) is 5.14 Å². The number of amides is 2. The number of hydrogen-bond donors (Lipinski definition) is 4. The normalized spacial score (nSPS) is 11.0. The molecule has 0 fully saturated rings. The summed E-state index contributed by atoms with van der Waals surface area (Å²) in [6, 6.07) is 19.8. The van der Waals surface area contributed by atoms with Crippen LogP contribution in [0.5, 0.6) is 0 Å². The molecule has 10 nitrogen and oxygen atoms in total. The Bertz CT molecular complexity index is 1520. The number of carbonyl (C=O) groups excluding carboxylic acids is 1. The molecule has 2 amide bonds. The first-order valence-electron chi connectivity index (χ1n) is 10.6. The van der Waals surface area contributed by atoms with Crippen molar-refractivity contribution >= 4 is 50.6 Å². The van der Waals surface area contributed by atoms with Gasteiger partial charge in [-0.3, -0.25) is 0 Å². The molecule has 184 valence electrons. The van der Waals surface area contributed by atoms with Crippen LogP contribution in [0.2, 0.25) is 0 Å². The van der Waals surface area contributed by atoms with Gasteiger partial charge in [-0.25, -0.2) is 27.7 Å². The highest BCUT2D eigenvalue weighted by Gasteiger charge is 2.11. The Balaban J connectivity index is 1.47. The van der Waals surface area contributed by atoms with E-state index in [1.54, 1.807) is 60.6 Å². The van der Waals surface area contributed by atoms with Crippen molar-refractivity contribution < 1.29 is 17.6 Å². The number of nitrogens with one attached hydrogen (secondary N) is 3. The average Bonchev–Trinajstić information content (AvgIpc) is 2.83. The number of benzene rings is 3. The fourth-order valence-electron chi connectivity index (χ4n) is 3.26. The first-order valence-corrected chi connectivity index (χ1v) is 12.1. The van der Waals surface area contributed by atoms with Crippen LogP contribution in [-0.4, -0.2) is 31.5 Å². The van der Waals surface area contributed by atoms with Crippen molar-refractivity contribution in [3.8, 4) is 0 Å². The molecule has 0 spiro atoms. The lowest BCUT2D eigenvalue weighted by atomic mass is 10.2. The summed E-state index contributed by atoms with van der Waals surface area (Å²) in [6.07, 6.45) is 1.55. The van der Waals surface area contributed by atoms with Gasteiger partial charge in [0.05, 0.1) is 4.90 Å². The van der Waals surface area contributed by atoms with Gasteiger partial charge in [0, 0.05) is 36.0 Å². The van der Waals surface area contributed by atoms with Gasteiger partial charge in [0.25, 0.3) is 0 Å². The van der Waals surface area contributed by atoms with E-state index in [1.165, 1.54) is 30.3 Å². The molecule has 12 heteroatoms. The smallest absolute Gasteiger partial charge is 0.323 e. The second-order valence-electron chi connectivity index (χ2n) is 7.64. The number of rotatable bonds is 7. The Kier molecular flexibility index (Phi) is 7.08. The lowest BCUT2D eigenvalue weighted by molar-refractivity contribution is 0.262. The number of primary sulfonamides is 1. The van der Waals surface area contributed by atoms with E-state index < -0.39 is 21.9 Å². The Morgan fingerprint density at radius 3 is 2.31 bits per heavy atom. The number of hydrogen-bond acceptors (Lipinski definition) is 7. The van der Waals surface area contributed by atoms with Gasteiger partial charge in [-0.05, 0) is 60.7 Å². The lowest BCUT2D eigenvalue weighted by Gasteiger charge is -2.20. The molecule has 0 radical (unpaired) electrons. The van der Waals surface area contributed by atoms with Crippen LogP contribution in [0.1, 0.15) is 0 Å². The van der Waals surface area contributed by atoms with Crippen LogP contribution in [0.15, 0.2) is 90.0 Å². The third-order valence-corrected chi connectivity index (χ3v) is 5.89. The summed E-state index contributed by atoms with van der Waals surface area (Å²) in [5, 5.41) is 13.5. The monoisotopic (exact) mass is 507 g/mol. The summed E-state index contributed by atoms with van der Waals surface area (Å²) in [7, 11) is -2.06. The number of halogens is 1. The summed E-state index contributed by atoms with van der Waals surface area (Å²) in [5.41, 5.74) is 2.02. The Hall–Kier alpha value is -4.55. The molecule has 0 atom stereocenters. The van der Waals surface area contributed by atoms with Crippen molar-refractivity contribution in [3.63, 3.8) is 0 Å². The maximum Gasteiger partial charge on any atom is 0.323 e.